The Bertz CT molecular complexity index is 407. The molecule has 0 amide bonds. The van der Waals surface area contributed by atoms with E-state index >= 15 is 0 Å². The maximum Gasteiger partial charge on any atom is 0.224 e. The summed E-state index contributed by atoms with van der Waals surface area (Å²) in [6.07, 6.45) is 3.84. The molecule has 1 aromatic rings. The van der Waals surface area contributed by atoms with Crippen molar-refractivity contribution in [2.45, 2.75) is 24.9 Å². The van der Waals surface area contributed by atoms with E-state index in [4.69, 9.17) is 10.5 Å². The van der Waals surface area contributed by atoms with E-state index in [-0.39, 0.29) is 6.04 Å². The van der Waals surface area contributed by atoms with E-state index in [1.165, 1.54) is 0 Å². The molecule has 0 aromatic carbocycles. The standard InChI is InChI=1S/C12H19N5O/c13-9-2-5-17(7-9)11-1-4-14-12(16-11)15-10-3-6-18-8-10/h1,4,9-10H,2-3,5-8,13H2,(H,14,15,16)/t9-,10-/m1/s1. The first-order valence-electron chi connectivity index (χ1n) is 6.49. The highest BCUT2D eigenvalue weighted by Crippen LogP contribution is 2.18. The van der Waals surface area contributed by atoms with Crippen molar-refractivity contribution in [3.63, 3.8) is 0 Å². The molecule has 2 saturated heterocycles. The van der Waals surface area contributed by atoms with Gasteiger partial charge in [0.1, 0.15) is 5.82 Å². The van der Waals surface area contributed by atoms with Gasteiger partial charge in [-0.2, -0.15) is 4.98 Å². The van der Waals surface area contributed by atoms with Gasteiger partial charge in [-0.15, -0.1) is 0 Å². The molecule has 6 heteroatoms. The third-order valence-electron chi connectivity index (χ3n) is 3.45. The predicted octanol–water partition coefficient (Wildman–Crippen LogP) is 0.215. The average Bonchev–Trinajstić information content (AvgIpc) is 3.01. The smallest absolute Gasteiger partial charge is 0.224 e. The summed E-state index contributed by atoms with van der Waals surface area (Å²) < 4.78 is 5.33. The fourth-order valence-corrected chi connectivity index (χ4v) is 2.42. The van der Waals surface area contributed by atoms with Crippen LogP contribution < -0.4 is 16.0 Å². The minimum absolute atomic E-state index is 0.264. The number of nitrogens with one attached hydrogen (secondary N) is 1. The summed E-state index contributed by atoms with van der Waals surface area (Å²) in [4.78, 5) is 11.0. The summed E-state index contributed by atoms with van der Waals surface area (Å²) in [6, 6.07) is 2.54. The Labute approximate surface area is 107 Å². The molecule has 3 N–H and O–H groups in total. The third-order valence-corrected chi connectivity index (χ3v) is 3.45. The molecule has 0 bridgehead atoms. The van der Waals surface area contributed by atoms with Gasteiger partial charge < -0.3 is 20.7 Å². The van der Waals surface area contributed by atoms with Crippen LogP contribution in [0, 0.1) is 0 Å². The second-order valence-corrected chi connectivity index (χ2v) is 4.94. The van der Waals surface area contributed by atoms with E-state index in [2.05, 4.69) is 20.2 Å². The Morgan fingerprint density at radius 3 is 3.11 bits per heavy atom. The topological polar surface area (TPSA) is 76.3 Å². The second kappa shape index (κ2) is 5.07. The van der Waals surface area contributed by atoms with Crippen molar-refractivity contribution in [1.29, 1.82) is 0 Å². The van der Waals surface area contributed by atoms with Gasteiger partial charge in [0, 0.05) is 31.9 Å². The Kier molecular flexibility index (Phi) is 3.29. The van der Waals surface area contributed by atoms with Crippen molar-refractivity contribution in [1.82, 2.24) is 9.97 Å². The normalized spacial score (nSPS) is 27.7. The van der Waals surface area contributed by atoms with Crippen molar-refractivity contribution in [2.24, 2.45) is 5.73 Å². The highest BCUT2D eigenvalue weighted by molar-refractivity contribution is 5.44. The molecule has 0 saturated carbocycles. The van der Waals surface area contributed by atoms with Crippen molar-refractivity contribution < 1.29 is 4.74 Å². The van der Waals surface area contributed by atoms with Crippen LogP contribution in [0.2, 0.25) is 0 Å². The first kappa shape index (κ1) is 11.7. The largest absolute Gasteiger partial charge is 0.379 e. The van der Waals surface area contributed by atoms with Gasteiger partial charge in [0.15, 0.2) is 0 Å². The maximum absolute atomic E-state index is 5.92. The predicted molar refractivity (Wildman–Crippen MR) is 69.7 cm³/mol. The lowest BCUT2D eigenvalue weighted by Crippen LogP contribution is -2.27. The molecule has 3 rings (SSSR count). The fourth-order valence-electron chi connectivity index (χ4n) is 2.42. The Morgan fingerprint density at radius 2 is 2.39 bits per heavy atom. The Balaban J connectivity index is 1.68. The quantitative estimate of drug-likeness (QED) is 0.798. The molecule has 0 spiro atoms. The number of rotatable bonds is 3. The van der Waals surface area contributed by atoms with E-state index in [0.29, 0.717) is 12.0 Å². The molecule has 2 fully saturated rings. The Hall–Kier alpha value is -1.40. The fraction of sp³-hybridized carbons (Fsp3) is 0.667. The minimum atomic E-state index is 0.264. The molecule has 98 valence electrons. The van der Waals surface area contributed by atoms with E-state index in [1.807, 2.05) is 6.07 Å². The SMILES string of the molecule is N[C@@H]1CCN(c2ccnc(N[C@@H]3CCOC3)n2)C1. The molecule has 3 heterocycles. The zero-order valence-corrected chi connectivity index (χ0v) is 10.4. The lowest BCUT2D eigenvalue weighted by molar-refractivity contribution is 0.195. The summed E-state index contributed by atoms with van der Waals surface area (Å²) in [7, 11) is 0. The first-order chi connectivity index (χ1) is 8.81. The molecule has 0 radical (unpaired) electrons. The lowest BCUT2D eigenvalue weighted by Gasteiger charge is -2.18. The van der Waals surface area contributed by atoms with Crippen molar-refractivity contribution in [3.05, 3.63) is 12.3 Å². The number of nitrogens with zero attached hydrogens (tertiary/aromatic N) is 3. The molecule has 2 aliphatic rings. The lowest BCUT2D eigenvalue weighted by atomic mass is 10.3. The van der Waals surface area contributed by atoms with Crippen LogP contribution in [0.5, 0.6) is 0 Å². The monoisotopic (exact) mass is 249 g/mol. The van der Waals surface area contributed by atoms with E-state index in [1.54, 1.807) is 6.20 Å². The summed E-state index contributed by atoms with van der Waals surface area (Å²) in [5, 5.41) is 3.31. The molecule has 2 atom stereocenters. The molecule has 2 aliphatic heterocycles. The summed E-state index contributed by atoms with van der Waals surface area (Å²) in [5.74, 6) is 1.64. The Morgan fingerprint density at radius 1 is 1.44 bits per heavy atom. The number of hydrogen-bond acceptors (Lipinski definition) is 6. The van der Waals surface area contributed by atoms with E-state index < -0.39 is 0 Å². The van der Waals surface area contributed by atoms with Gasteiger partial charge in [-0.3, -0.25) is 0 Å². The third kappa shape index (κ3) is 2.54. The number of anilines is 2. The number of hydrogen-bond donors (Lipinski definition) is 2. The molecule has 6 nitrogen and oxygen atoms in total. The van der Waals surface area contributed by atoms with E-state index in [0.717, 1.165) is 45.0 Å². The van der Waals surface area contributed by atoms with Gasteiger partial charge in [-0.25, -0.2) is 4.98 Å². The summed E-state index contributed by atoms with van der Waals surface area (Å²) in [5.41, 5.74) is 5.92. The van der Waals surface area contributed by atoms with Gasteiger partial charge in [0.05, 0.1) is 12.6 Å². The second-order valence-electron chi connectivity index (χ2n) is 4.94. The summed E-state index contributed by atoms with van der Waals surface area (Å²) in [6.45, 7) is 3.41. The van der Waals surface area contributed by atoms with E-state index in [9.17, 15) is 0 Å². The molecule has 1 aromatic heterocycles. The van der Waals surface area contributed by atoms with Crippen LogP contribution >= 0.6 is 0 Å². The van der Waals surface area contributed by atoms with Gasteiger partial charge in [-0.05, 0) is 18.9 Å². The zero-order chi connectivity index (χ0) is 12.4. The molecular weight excluding hydrogens is 230 g/mol. The minimum Gasteiger partial charge on any atom is -0.379 e. The molecular formula is C12H19N5O. The number of nitrogens with two attached hydrogens (primary N) is 1. The van der Waals surface area contributed by atoms with Crippen LogP contribution in [0.3, 0.4) is 0 Å². The van der Waals surface area contributed by atoms with Crippen LogP contribution in [-0.4, -0.2) is 48.4 Å². The van der Waals surface area contributed by atoms with Crippen LogP contribution in [0.1, 0.15) is 12.8 Å². The number of aromatic nitrogens is 2. The highest BCUT2D eigenvalue weighted by atomic mass is 16.5. The van der Waals surface area contributed by atoms with Gasteiger partial charge >= 0.3 is 0 Å². The van der Waals surface area contributed by atoms with Crippen LogP contribution in [0.15, 0.2) is 12.3 Å². The van der Waals surface area contributed by atoms with Crippen LogP contribution in [-0.2, 0) is 4.74 Å². The number of ether oxygens (including phenoxy) is 1. The molecule has 18 heavy (non-hydrogen) atoms. The van der Waals surface area contributed by atoms with Gasteiger partial charge in [0.2, 0.25) is 5.95 Å². The molecule has 0 aliphatic carbocycles. The average molecular weight is 249 g/mol. The van der Waals surface area contributed by atoms with Crippen molar-refractivity contribution >= 4 is 11.8 Å². The first-order valence-corrected chi connectivity index (χ1v) is 6.49. The van der Waals surface area contributed by atoms with Crippen molar-refractivity contribution in [2.75, 3.05) is 36.5 Å². The van der Waals surface area contributed by atoms with Crippen LogP contribution in [0.4, 0.5) is 11.8 Å². The maximum atomic E-state index is 5.92. The van der Waals surface area contributed by atoms with Gasteiger partial charge in [0.25, 0.3) is 0 Å². The van der Waals surface area contributed by atoms with Crippen LogP contribution in [0.25, 0.3) is 0 Å². The summed E-state index contributed by atoms with van der Waals surface area (Å²) >= 11 is 0. The van der Waals surface area contributed by atoms with Crippen molar-refractivity contribution in [3.8, 4) is 0 Å². The van der Waals surface area contributed by atoms with Gasteiger partial charge in [-0.1, -0.05) is 0 Å². The zero-order valence-electron chi connectivity index (χ0n) is 10.4. The molecule has 0 unspecified atom stereocenters. The highest BCUT2D eigenvalue weighted by Gasteiger charge is 2.21.